The fraction of sp³-hybridized carbons (Fsp3) is 0.235. The number of nitrogen functional groups attached to an aromatic ring is 1. The summed E-state index contributed by atoms with van der Waals surface area (Å²) in [5.41, 5.74) is 8.44. The third-order valence-corrected chi connectivity index (χ3v) is 4.88. The lowest BCUT2D eigenvalue weighted by Crippen LogP contribution is -2.14. The Bertz CT molecular complexity index is 962. The van der Waals surface area contributed by atoms with Gasteiger partial charge in [0.15, 0.2) is 10.9 Å². The second kappa shape index (κ2) is 7.04. The molecule has 0 spiro atoms. The maximum atomic E-state index is 12.7. The summed E-state index contributed by atoms with van der Waals surface area (Å²) in [4.78, 5) is 17.2. The van der Waals surface area contributed by atoms with Crippen molar-refractivity contribution in [3.05, 3.63) is 40.4 Å². The van der Waals surface area contributed by atoms with Crippen LogP contribution < -0.4 is 21.1 Å². The van der Waals surface area contributed by atoms with Crippen molar-refractivity contribution in [3.8, 4) is 5.75 Å². The summed E-state index contributed by atoms with van der Waals surface area (Å²) >= 11 is 1.17. The van der Waals surface area contributed by atoms with Gasteiger partial charge < -0.3 is 21.1 Å². The first kappa shape index (κ1) is 17.7. The SMILES string of the molecule is COc1ccc(C)c(NC(=O)c2sc(Nc3ccn(C)n3)nc2N)c1C. The number of aromatic nitrogens is 3. The largest absolute Gasteiger partial charge is 0.496 e. The van der Waals surface area contributed by atoms with Gasteiger partial charge in [0.2, 0.25) is 0 Å². The van der Waals surface area contributed by atoms with Crippen LogP contribution in [-0.2, 0) is 7.05 Å². The van der Waals surface area contributed by atoms with Gasteiger partial charge in [-0.05, 0) is 25.5 Å². The van der Waals surface area contributed by atoms with Gasteiger partial charge in [0.25, 0.3) is 5.91 Å². The molecule has 3 aromatic rings. The van der Waals surface area contributed by atoms with Crippen LogP contribution in [0.15, 0.2) is 24.4 Å². The van der Waals surface area contributed by atoms with E-state index < -0.39 is 0 Å². The van der Waals surface area contributed by atoms with Gasteiger partial charge >= 0.3 is 0 Å². The lowest BCUT2D eigenvalue weighted by molar-refractivity contribution is 0.103. The third-order valence-electron chi connectivity index (χ3n) is 3.89. The van der Waals surface area contributed by atoms with Crippen molar-refractivity contribution in [1.82, 2.24) is 14.8 Å². The molecule has 0 unspecified atom stereocenters. The van der Waals surface area contributed by atoms with Crippen molar-refractivity contribution in [2.24, 2.45) is 7.05 Å². The molecule has 136 valence electrons. The van der Waals surface area contributed by atoms with Crippen LogP contribution in [0.1, 0.15) is 20.8 Å². The average molecular weight is 372 g/mol. The maximum Gasteiger partial charge on any atom is 0.269 e. The van der Waals surface area contributed by atoms with Crippen molar-refractivity contribution in [2.45, 2.75) is 13.8 Å². The molecule has 0 saturated heterocycles. The molecule has 0 aliphatic carbocycles. The Morgan fingerprint density at radius 2 is 2.08 bits per heavy atom. The van der Waals surface area contributed by atoms with Crippen LogP contribution in [0.2, 0.25) is 0 Å². The Morgan fingerprint density at radius 3 is 2.73 bits per heavy atom. The summed E-state index contributed by atoms with van der Waals surface area (Å²) < 4.78 is 6.99. The van der Waals surface area contributed by atoms with Gasteiger partial charge in [0.05, 0.1) is 12.8 Å². The van der Waals surface area contributed by atoms with E-state index in [2.05, 4.69) is 20.7 Å². The van der Waals surface area contributed by atoms with Crippen LogP contribution in [0.4, 0.5) is 22.5 Å². The Morgan fingerprint density at radius 1 is 1.31 bits per heavy atom. The topological polar surface area (TPSA) is 107 Å². The van der Waals surface area contributed by atoms with Gasteiger partial charge in [-0.1, -0.05) is 17.4 Å². The average Bonchev–Trinajstić information content (AvgIpc) is 3.17. The number of benzene rings is 1. The molecule has 1 amide bonds. The zero-order valence-corrected chi connectivity index (χ0v) is 15.8. The van der Waals surface area contributed by atoms with E-state index >= 15 is 0 Å². The number of carbonyl (C=O) groups excluding carboxylic acids is 1. The summed E-state index contributed by atoms with van der Waals surface area (Å²) in [5, 5.41) is 10.7. The highest BCUT2D eigenvalue weighted by Crippen LogP contribution is 2.32. The van der Waals surface area contributed by atoms with Gasteiger partial charge in [-0.15, -0.1) is 0 Å². The molecule has 8 nitrogen and oxygen atoms in total. The number of hydrogen-bond acceptors (Lipinski definition) is 7. The van der Waals surface area contributed by atoms with E-state index in [0.717, 1.165) is 11.1 Å². The fourth-order valence-electron chi connectivity index (χ4n) is 2.55. The molecule has 0 aliphatic heterocycles. The summed E-state index contributed by atoms with van der Waals surface area (Å²) in [5.74, 6) is 1.20. The van der Waals surface area contributed by atoms with Crippen LogP contribution in [0, 0.1) is 13.8 Å². The minimum atomic E-state index is -0.312. The fourth-order valence-corrected chi connectivity index (χ4v) is 3.34. The Labute approximate surface area is 155 Å². The monoisotopic (exact) mass is 372 g/mol. The number of carbonyl (C=O) groups is 1. The van der Waals surface area contributed by atoms with Gasteiger partial charge in [0.1, 0.15) is 16.4 Å². The molecule has 0 bridgehead atoms. The highest BCUT2D eigenvalue weighted by molar-refractivity contribution is 7.18. The molecule has 1 aromatic carbocycles. The maximum absolute atomic E-state index is 12.7. The van der Waals surface area contributed by atoms with Gasteiger partial charge in [-0.2, -0.15) is 5.10 Å². The molecule has 0 fully saturated rings. The molecular formula is C17H20N6O2S. The number of aryl methyl sites for hydroxylation is 2. The van der Waals surface area contributed by atoms with E-state index in [9.17, 15) is 4.79 Å². The van der Waals surface area contributed by atoms with Gasteiger partial charge in [-0.3, -0.25) is 9.48 Å². The molecule has 2 aromatic heterocycles. The van der Waals surface area contributed by atoms with Crippen LogP contribution in [-0.4, -0.2) is 27.8 Å². The molecule has 0 saturated carbocycles. The van der Waals surface area contributed by atoms with E-state index in [1.807, 2.05) is 33.0 Å². The molecule has 0 aliphatic rings. The van der Waals surface area contributed by atoms with E-state index in [0.29, 0.717) is 27.3 Å². The third kappa shape index (κ3) is 3.47. The van der Waals surface area contributed by atoms with Crippen LogP contribution >= 0.6 is 11.3 Å². The number of nitrogens with zero attached hydrogens (tertiary/aromatic N) is 3. The lowest BCUT2D eigenvalue weighted by Gasteiger charge is -2.14. The Hall–Kier alpha value is -3.07. The number of ether oxygens (including phenoxy) is 1. The van der Waals surface area contributed by atoms with Crippen molar-refractivity contribution in [3.63, 3.8) is 0 Å². The van der Waals surface area contributed by atoms with Crippen molar-refractivity contribution < 1.29 is 9.53 Å². The first-order chi connectivity index (χ1) is 12.4. The number of nitrogens with one attached hydrogen (secondary N) is 2. The number of methoxy groups -OCH3 is 1. The molecule has 3 rings (SSSR count). The number of hydrogen-bond donors (Lipinski definition) is 3. The molecule has 26 heavy (non-hydrogen) atoms. The summed E-state index contributed by atoms with van der Waals surface area (Å²) in [6.07, 6.45) is 1.81. The van der Waals surface area contributed by atoms with E-state index in [1.54, 1.807) is 24.1 Å². The lowest BCUT2D eigenvalue weighted by atomic mass is 10.1. The quantitative estimate of drug-likeness (QED) is 0.635. The predicted octanol–water partition coefficient (Wildman–Crippen LogP) is 3.08. The zero-order valence-electron chi connectivity index (χ0n) is 15.0. The van der Waals surface area contributed by atoms with Crippen LogP contribution in [0.5, 0.6) is 5.75 Å². The first-order valence-electron chi connectivity index (χ1n) is 7.87. The highest BCUT2D eigenvalue weighted by Gasteiger charge is 2.19. The minimum absolute atomic E-state index is 0.170. The molecule has 9 heteroatoms. The van der Waals surface area contributed by atoms with Crippen molar-refractivity contribution >= 4 is 39.7 Å². The van der Waals surface area contributed by atoms with E-state index in [-0.39, 0.29) is 11.7 Å². The molecular weight excluding hydrogens is 352 g/mol. The molecule has 0 radical (unpaired) electrons. The number of thiazole rings is 1. The van der Waals surface area contributed by atoms with E-state index in [4.69, 9.17) is 10.5 Å². The number of nitrogens with two attached hydrogens (primary N) is 1. The summed E-state index contributed by atoms with van der Waals surface area (Å²) in [6.45, 7) is 3.82. The van der Waals surface area contributed by atoms with Crippen LogP contribution in [0.3, 0.4) is 0 Å². The zero-order chi connectivity index (χ0) is 18.8. The van der Waals surface area contributed by atoms with Gasteiger partial charge in [0, 0.05) is 24.9 Å². The molecule has 0 atom stereocenters. The first-order valence-corrected chi connectivity index (χ1v) is 8.69. The second-order valence-electron chi connectivity index (χ2n) is 5.77. The number of rotatable bonds is 5. The van der Waals surface area contributed by atoms with Crippen LogP contribution in [0.25, 0.3) is 0 Å². The second-order valence-corrected chi connectivity index (χ2v) is 6.77. The highest BCUT2D eigenvalue weighted by atomic mass is 32.1. The Balaban J connectivity index is 1.83. The number of amides is 1. The summed E-state index contributed by atoms with van der Waals surface area (Å²) in [6, 6.07) is 5.57. The molecule has 4 N–H and O–H groups in total. The van der Waals surface area contributed by atoms with Gasteiger partial charge in [-0.25, -0.2) is 4.98 Å². The van der Waals surface area contributed by atoms with Crippen molar-refractivity contribution in [1.29, 1.82) is 0 Å². The number of anilines is 4. The predicted molar refractivity (Wildman–Crippen MR) is 103 cm³/mol. The molecule has 2 heterocycles. The summed E-state index contributed by atoms with van der Waals surface area (Å²) in [7, 11) is 3.42. The Kier molecular flexibility index (Phi) is 4.81. The van der Waals surface area contributed by atoms with Crippen molar-refractivity contribution in [2.75, 3.05) is 23.5 Å². The normalized spacial score (nSPS) is 10.6. The smallest absolute Gasteiger partial charge is 0.269 e. The minimum Gasteiger partial charge on any atom is -0.496 e. The van der Waals surface area contributed by atoms with E-state index in [1.165, 1.54) is 11.3 Å². The standard InChI is InChI=1S/C17H20N6O2S/c1-9-5-6-11(25-4)10(2)13(9)20-16(24)14-15(18)21-17(26-14)19-12-7-8-23(3)22-12/h5-8H,18H2,1-4H3,(H,20,24)(H,19,21,22).